The Kier molecular flexibility index (Phi) is 7.77. The molecule has 0 unspecified atom stereocenters. The zero-order chi connectivity index (χ0) is 24.2. The fourth-order valence-electron chi connectivity index (χ4n) is 4.29. The maximum Gasteiger partial charge on any atom is 0.219 e. The first-order valence-corrected chi connectivity index (χ1v) is 11.3. The van der Waals surface area contributed by atoms with E-state index >= 15 is 0 Å². The lowest BCUT2D eigenvalue weighted by Gasteiger charge is -2.39. The van der Waals surface area contributed by atoms with E-state index < -0.39 is 17.2 Å². The number of amides is 1. The number of halogens is 3. The Morgan fingerprint density at radius 3 is 2.45 bits per heavy atom. The molecule has 0 aliphatic carbocycles. The Morgan fingerprint density at radius 2 is 1.82 bits per heavy atom. The largest absolute Gasteiger partial charge is 0.398 e. The standard InChI is InChI=1S/C26H25Cl2FN2O2/c1-3-25(33)31-14-23(17-5-4-6-18(27)11-17)26(15-32,21-10-8-19(28)12-24(21)30)22-13-20(29)9-7-16(22)2/h4-13,15,23H,3,14,30H2,1-2H3,(H,31,33)/t23-,26-/m1/s1. The molecule has 0 saturated heterocycles. The Labute approximate surface area is 202 Å². The molecule has 3 aromatic carbocycles. The molecule has 172 valence electrons. The topological polar surface area (TPSA) is 72.2 Å². The van der Waals surface area contributed by atoms with Gasteiger partial charge in [0, 0.05) is 34.6 Å². The lowest BCUT2D eigenvalue weighted by atomic mass is 9.63. The van der Waals surface area contributed by atoms with Crippen LogP contribution in [0.2, 0.25) is 10.0 Å². The number of aryl methyl sites for hydroxylation is 1. The van der Waals surface area contributed by atoms with Gasteiger partial charge in [0.2, 0.25) is 5.91 Å². The molecule has 0 aliphatic heterocycles. The van der Waals surface area contributed by atoms with E-state index in [0.717, 1.165) is 6.29 Å². The van der Waals surface area contributed by atoms with Gasteiger partial charge in [-0.2, -0.15) is 0 Å². The fourth-order valence-corrected chi connectivity index (χ4v) is 4.67. The van der Waals surface area contributed by atoms with Gasteiger partial charge >= 0.3 is 0 Å². The summed E-state index contributed by atoms with van der Waals surface area (Å²) in [5.41, 5.74) is 7.54. The summed E-state index contributed by atoms with van der Waals surface area (Å²) < 4.78 is 14.5. The minimum absolute atomic E-state index is 0.101. The smallest absolute Gasteiger partial charge is 0.219 e. The summed E-state index contributed by atoms with van der Waals surface area (Å²) in [6.07, 6.45) is 1.05. The van der Waals surface area contributed by atoms with E-state index in [1.165, 1.54) is 12.1 Å². The highest BCUT2D eigenvalue weighted by Crippen LogP contribution is 2.47. The molecular formula is C26H25Cl2FN2O2. The summed E-state index contributed by atoms with van der Waals surface area (Å²) in [5, 5.41) is 3.77. The van der Waals surface area contributed by atoms with Crippen LogP contribution >= 0.6 is 23.2 Å². The third-order valence-electron chi connectivity index (χ3n) is 5.92. The molecule has 2 atom stereocenters. The molecule has 1 amide bonds. The highest BCUT2D eigenvalue weighted by atomic mass is 35.5. The fraction of sp³-hybridized carbons (Fsp3) is 0.231. The Hall–Kier alpha value is -2.89. The molecule has 3 N–H and O–H groups in total. The van der Waals surface area contributed by atoms with Gasteiger partial charge in [-0.15, -0.1) is 0 Å². The van der Waals surface area contributed by atoms with Gasteiger partial charge in [-0.25, -0.2) is 4.39 Å². The third kappa shape index (κ3) is 5.05. The van der Waals surface area contributed by atoms with Crippen molar-refractivity contribution in [3.63, 3.8) is 0 Å². The van der Waals surface area contributed by atoms with Crippen LogP contribution in [0.15, 0.2) is 60.7 Å². The van der Waals surface area contributed by atoms with Crippen LogP contribution < -0.4 is 11.1 Å². The molecule has 0 aliphatic rings. The van der Waals surface area contributed by atoms with Gasteiger partial charge in [-0.05, 0) is 65.6 Å². The van der Waals surface area contributed by atoms with Gasteiger partial charge in [0.1, 0.15) is 12.1 Å². The first-order valence-electron chi connectivity index (χ1n) is 10.5. The average molecular weight is 487 g/mol. The van der Waals surface area contributed by atoms with Crippen molar-refractivity contribution >= 4 is 41.1 Å². The molecule has 4 nitrogen and oxygen atoms in total. The van der Waals surface area contributed by atoms with E-state index in [-0.39, 0.29) is 24.6 Å². The second kappa shape index (κ2) is 10.4. The van der Waals surface area contributed by atoms with Gasteiger partial charge in [-0.3, -0.25) is 4.79 Å². The molecule has 0 saturated carbocycles. The number of aldehydes is 1. The zero-order valence-electron chi connectivity index (χ0n) is 18.4. The number of anilines is 1. The predicted molar refractivity (Wildman–Crippen MR) is 131 cm³/mol. The van der Waals surface area contributed by atoms with Crippen LogP contribution in [0, 0.1) is 12.7 Å². The third-order valence-corrected chi connectivity index (χ3v) is 6.39. The number of nitrogens with one attached hydrogen (secondary N) is 1. The van der Waals surface area contributed by atoms with Crippen molar-refractivity contribution in [2.24, 2.45) is 0 Å². The number of benzene rings is 3. The van der Waals surface area contributed by atoms with Crippen LogP contribution in [-0.2, 0) is 15.0 Å². The van der Waals surface area contributed by atoms with Crippen molar-refractivity contribution in [2.45, 2.75) is 31.6 Å². The van der Waals surface area contributed by atoms with Gasteiger partial charge in [0.05, 0.1) is 5.41 Å². The predicted octanol–water partition coefficient (Wildman–Crippen LogP) is 5.82. The molecule has 0 fully saturated rings. The summed E-state index contributed by atoms with van der Waals surface area (Å²) in [6, 6.07) is 16.2. The quantitative estimate of drug-likeness (QED) is 0.311. The summed E-state index contributed by atoms with van der Waals surface area (Å²) in [6.45, 7) is 3.65. The van der Waals surface area contributed by atoms with Crippen LogP contribution in [0.1, 0.15) is 41.5 Å². The molecule has 0 radical (unpaired) electrons. The molecular weight excluding hydrogens is 462 g/mol. The first-order chi connectivity index (χ1) is 15.7. The number of carbonyl (C=O) groups is 2. The molecule has 0 bridgehead atoms. The molecule has 3 aromatic rings. The first kappa shape index (κ1) is 24.7. The number of hydrogen-bond acceptors (Lipinski definition) is 3. The second-order valence-electron chi connectivity index (χ2n) is 7.94. The van der Waals surface area contributed by atoms with Crippen molar-refractivity contribution in [1.82, 2.24) is 5.32 Å². The molecule has 33 heavy (non-hydrogen) atoms. The Morgan fingerprint density at radius 1 is 1.09 bits per heavy atom. The molecule has 7 heteroatoms. The minimum atomic E-state index is -1.44. The Balaban J connectivity index is 2.40. The normalized spacial score (nSPS) is 13.7. The maximum atomic E-state index is 14.5. The summed E-state index contributed by atoms with van der Waals surface area (Å²) >= 11 is 12.4. The van der Waals surface area contributed by atoms with Gasteiger partial charge in [-0.1, -0.05) is 54.4 Å². The highest BCUT2D eigenvalue weighted by molar-refractivity contribution is 6.31. The van der Waals surface area contributed by atoms with Crippen molar-refractivity contribution in [2.75, 3.05) is 12.3 Å². The molecule has 0 aromatic heterocycles. The number of nitrogen functional groups attached to an aromatic ring is 1. The second-order valence-corrected chi connectivity index (χ2v) is 8.82. The van der Waals surface area contributed by atoms with Crippen LogP contribution in [0.5, 0.6) is 0 Å². The van der Waals surface area contributed by atoms with Crippen LogP contribution in [0.3, 0.4) is 0 Å². The van der Waals surface area contributed by atoms with Crippen LogP contribution in [0.4, 0.5) is 10.1 Å². The summed E-state index contributed by atoms with van der Waals surface area (Å²) in [4.78, 5) is 25.4. The molecule has 0 spiro atoms. The van der Waals surface area contributed by atoms with Crippen molar-refractivity contribution in [3.05, 3.63) is 98.8 Å². The lowest BCUT2D eigenvalue weighted by molar-refractivity contribution is -0.121. The monoisotopic (exact) mass is 486 g/mol. The molecule has 3 rings (SSSR count). The van der Waals surface area contributed by atoms with E-state index in [9.17, 15) is 14.0 Å². The summed E-state index contributed by atoms with van der Waals surface area (Å²) in [5.74, 6) is -1.31. The number of nitrogens with two attached hydrogens (primary N) is 1. The van der Waals surface area contributed by atoms with E-state index in [0.29, 0.717) is 32.3 Å². The van der Waals surface area contributed by atoms with Gasteiger partial charge < -0.3 is 15.8 Å². The van der Waals surface area contributed by atoms with E-state index in [4.69, 9.17) is 28.9 Å². The number of rotatable bonds is 8. The van der Waals surface area contributed by atoms with Gasteiger partial charge in [0.15, 0.2) is 0 Å². The summed E-state index contributed by atoms with van der Waals surface area (Å²) in [7, 11) is 0. The minimum Gasteiger partial charge on any atom is -0.398 e. The van der Waals surface area contributed by atoms with Crippen LogP contribution in [0.25, 0.3) is 0 Å². The zero-order valence-corrected chi connectivity index (χ0v) is 19.9. The van der Waals surface area contributed by atoms with Crippen molar-refractivity contribution in [3.8, 4) is 0 Å². The average Bonchev–Trinajstić information content (AvgIpc) is 2.79. The van der Waals surface area contributed by atoms with Gasteiger partial charge in [0.25, 0.3) is 0 Å². The Bertz CT molecular complexity index is 1180. The van der Waals surface area contributed by atoms with Crippen LogP contribution in [-0.4, -0.2) is 18.7 Å². The maximum absolute atomic E-state index is 14.5. The van der Waals surface area contributed by atoms with E-state index in [1.807, 2.05) is 6.07 Å². The van der Waals surface area contributed by atoms with E-state index in [1.54, 1.807) is 56.3 Å². The lowest BCUT2D eigenvalue weighted by Crippen LogP contribution is -2.44. The number of carbonyl (C=O) groups excluding carboxylic acids is 2. The number of hydrogen-bond donors (Lipinski definition) is 2. The highest BCUT2D eigenvalue weighted by Gasteiger charge is 2.45. The van der Waals surface area contributed by atoms with Crippen molar-refractivity contribution < 1.29 is 14.0 Å². The van der Waals surface area contributed by atoms with Crippen molar-refractivity contribution in [1.29, 1.82) is 0 Å². The molecule has 0 heterocycles. The SMILES string of the molecule is CCC(=O)NC[C@H](c1cccc(Cl)c1)[C@@](C=O)(c1cc(F)ccc1C)c1ccc(Cl)cc1N. The van der Waals surface area contributed by atoms with E-state index in [2.05, 4.69) is 5.32 Å².